The molecule has 0 aliphatic carbocycles. The lowest BCUT2D eigenvalue weighted by Crippen LogP contribution is -2.51. The number of amides is 2. The SMILES string of the molecule is COC(=O)CC[C@H](NC(=O)OCc1ccccc1)C(=O)N[C@@H](C)C(=O)OC(C)(C)C. The summed E-state index contributed by atoms with van der Waals surface area (Å²) in [5.74, 6) is -1.80. The van der Waals surface area contributed by atoms with E-state index in [1.807, 2.05) is 6.07 Å². The van der Waals surface area contributed by atoms with Gasteiger partial charge in [-0.15, -0.1) is 0 Å². The molecule has 30 heavy (non-hydrogen) atoms. The third-order valence-corrected chi connectivity index (χ3v) is 3.81. The van der Waals surface area contributed by atoms with Gasteiger partial charge in [0.25, 0.3) is 0 Å². The standard InChI is InChI=1S/C21H30N2O7/c1-14(19(26)30-21(2,3)4)22-18(25)16(11-12-17(24)28-5)23-20(27)29-13-15-9-7-6-8-10-15/h6-10,14,16H,11-13H2,1-5H3,(H,22,25)(H,23,27)/t14-,16-/m0/s1. The Hall–Kier alpha value is -3.10. The predicted octanol–water partition coefficient (Wildman–Crippen LogP) is 2.08. The molecule has 0 radical (unpaired) electrons. The maximum absolute atomic E-state index is 12.6. The predicted molar refractivity (Wildman–Crippen MR) is 108 cm³/mol. The summed E-state index contributed by atoms with van der Waals surface area (Å²) in [6.07, 6.45) is -0.956. The number of hydrogen-bond donors (Lipinski definition) is 2. The van der Waals surface area contributed by atoms with Crippen LogP contribution in [-0.4, -0.2) is 48.7 Å². The Bertz CT molecular complexity index is 729. The lowest BCUT2D eigenvalue weighted by atomic mass is 10.1. The number of methoxy groups -OCH3 is 1. The van der Waals surface area contributed by atoms with Crippen LogP contribution >= 0.6 is 0 Å². The summed E-state index contributed by atoms with van der Waals surface area (Å²) in [6, 6.07) is 6.98. The highest BCUT2D eigenvalue weighted by molar-refractivity contribution is 5.89. The third kappa shape index (κ3) is 9.90. The van der Waals surface area contributed by atoms with E-state index < -0.39 is 41.6 Å². The van der Waals surface area contributed by atoms with Gasteiger partial charge in [-0.1, -0.05) is 30.3 Å². The zero-order valence-electron chi connectivity index (χ0n) is 18.0. The van der Waals surface area contributed by atoms with E-state index in [2.05, 4.69) is 15.4 Å². The van der Waals surface area contributed by atoms with E-state index in [1.54, 1.807) is 45.0 Å². The summed E-state index contributed by atoms with van der Waals surface area (Å²) in [4.78, 5) is 48.3. The molecule has 0 aliphatic rings. The van der Waals surface area contributed by atoms with E-state index in [1.165, 1.54) is 14.0 Å². The van der Waals surface area contributed by atoms with Crippen molar-refractivity contribution in [3.63, 3.8) is 0 Å². The molecule has 1 rings (SSSR count). The molecule has 0 saturated heterocycles. The zero-order chi connectivity index (χ0) is 22.7. The highest BCUT2D eigenvalue weighted by atomic mass is 16.6. The van der Waals surface area contributed by atoms with Crippen LogP contribution in [0.4, 0.5) is 4.79 Å². The zero-order valence-corrected chi connectivity index (χ0v) is 18.0. The molecule has 2 amide bonds. The number of nitrogens with one attached hydrogen (secondary N) is 2. The molecule has 2 atom stereocenters. The minimum atomic E-state index is -1.10. The van der Waals surface area contributed by atoms with Crippen LogP contribution in [0.2, 0.25) is 0 Å². The number of esters is 2. The van der Waals surface area contributed by atoms with Crippen LogP contribution in [-0.2, 0) is 35.2 Å². The molecule has 1 aromatic rings. The van der Waals surface area contributed by atoms with E-state index in [0.29, 0.717) is 0 Å². The molecule has 0 aromatic heterocycles. The molecule has 9 nitrogen and oxygen atoms in total. The summed E-state index contributed by atoms with van der Waals surface area (Å²) < 4.78 is 14.9. The topological polar surface area (TPSA) is 120 Å². The Morgan fingerprint density at radius 3 is 2.23 bits per heavy atom. The summed E-state index contributed by atoms with van der Waals surface area (Å²) >= 11 is 0. The minimum absolute atomic E-state index is 0.0202. The van der Waals surface area contributed by atoms with Crippen LogP contribution in [0.3, 0.4) is 0 Å². The van der Waals surface area contributed by atoms with Crippen molar-refractivity contribution in [3.05, 3.63) is 35.9 Å². The fourth-order valence-electron chi connectivity index (χ4n) is 2.30. The Labute approximate surface area is 176 Å². The van der Waals surface area contributed by atoms with Gasteiger partial charge in [0.1, 0.15) is 24.3 Å². The van der Waals surface area contributed by atoms with Crippen LogP contribution in [0.15, 0.2) is 30.3 Å². The molecule has 0 bridgehead atoms. The first-order valence-corrected chi connectivity index (χ1v) is 9.59. The molecule has 1 aromatic carbocycles. The maximum atomic E-state index is 12.6. The van der Waals surface area contributed by atoms with Gasteiger partial charge >= 0.3 is 18.0 Å². The van der Waals surface area contributed by atoms with Crippen LogP contribution in [0.5, 0.6) is 0 Å². The van der Waals surface area contributed by atoms with E-state index in [4.69, 9.17) is 9.47 Å². The molecular formula is C21H30N2O7. The number of rotatable bonds is 9. The van der Waals surface area contributed by atoms with Gasteiger partial charge in [-0.3, -0.25) is 9.59 Å². The molecule has 9 heteroatoms. The van der Waals surface area contributed by atoms with Crippen LogP contribution in [0, 0.1) is 0 Å². The van der Waals surface area contributed by atoms with E-state index in [9.17, 15) is 19.2 Å². The van der Waals surface area contributed by atoms with E-state index in [0.717, 1.165) is 5.56 Å². The Morgan fingerprint density at radius 1 is 1.03 bits per heavy atom. The first-order valence-electron chi connectivity index (χ1n) is 9.59. The van der Waals surface area contributed by atoms with Crippen molar-refractivity contribution in [3.8, 4) is 0 Å². The second kappa shape index (κ2) is 11.8. The normalized spacial score (nSPS) is 12.8. The second-order valence-corrected chi connectivity index (χ2v) is 7.64. The molecule has 0 unspecified atom stereocenters. The largest absolute Gasteiger partial charge is 0.469 e. The smallest absolute Gasteiger partial charge is 0.408 e. The number of benzene rings is 1. The quantitative estimate of drug-likeness (QED) is 0.462. The molecular weight excluding hydrogens is 392 g/mol. The molecule has 0 spiro atoms. The van der Waals surface area contributed by atoms with Gasteiger partial charge in [0, 0.05) is 6.42 Å². The van der Waals surface area contributed by atoms with Gasteiger partial charge in [-0.05, 0) is 39.7 Å². The maximum Gasteiger partial charge on any atom is 0.408 e. The van der Waals surface area contributed by atoms with Gasteiger partial charge in [0.2, 0.25) is 5.91 Å². The van der Waals surface area contributed by atoms with Gasteiger partial charge < -0.3 is 24.8 Å². The van der Waals surface area contributed by atoms with Crippen molar-refractivity contribution in [1.29, 1.82) is 0 Å². The average Bonchev–Trinajstić information content (AvgIpc) is 2.68. The van der Waals surface area contributed by atoms with Gasteiger partial charge in [0.05, 0.1) is 7.11 Å². The van der Waals surface area contributed by atoms with Crippen LogP contribution in [0.1, 0.15) is 46.1 Å². The number of alkyl carbamates (subject to hydrolysis) is 1. The van der Waals surface area contributed by atoms with Gasteiger partial charge in [0.15, 0.2) is 0 Å². The van der Waals surface area contributed by atoms with Gasteiger partial charge in [-0.25, -0.2) is 9.59 Å². The highest BCUT2D eigenvalue weighted by Gasteiger charge is 2.28. The average molecular weight is 422 g/mol. The molecule has 2 N–H and O–H groups in total. The Morgan fingerprint density at radius 2 is 1.67 bits per heavy atom. The first-order chi connectivity index (χ1) is 14.0. The molecule has 0 saturated carbocycles. The van der Waals surface area contributed by atoms with Crippen molar-refractivity contribution in [2.24, 2.45) is 0 Å². The Kier molecular flexibility index (Phi) is 9.80. The van der Waals surface area contributed by atoms with E-state index in [-0.39, 0.29) is 19.4 Å². The number of carbonyl (C=O) groups excluding carboxylic acids is 4. The number of carbonyl (C=O) groups is 4. The molecule has 0 fully saturated rings. The third-order valence-electron chi connectivity index (χ3n) is 3.81. The molecule has 166 valence electrons. The van der Waals surface area contributed by atoms with Crippen molar-refractivity contribution in [2.75, 3.05) is 7.11 Å². The lowest BCUT2D eigenvalue weighted by molar-refractivity contribution is -0.158. The van der Waals surface area contributed by atoms with Crippen molar-refractivity contribution < 1.29 is 33.4 Å². The van der Waals surface area contributed by atoms with Crippen LogP contribution in [0.25, 0.3) is 0 Å². The summed E-state index contributed by atoms with van der Waals surface area (Å²) in [7, 11) is 1.23. The minimum Gasteiger partial charge on any atom is -0.469 e. The lowest BCUT2D eigenvalue weighted by Gasteiger charge is -2.24. The summed E-state index contributed by atoms with van der Waals surface area (Å²) in [6.45, 7) is 6.62. The van der Waals surface area contributed by atoms with E-state index >= 15 is 0 Å². The van der Waals surface area contributed by atoms with Crippen molar-refractivity contribution >= 4 is 23.9 Å². The van der Waals surface area contributed by atoms with Gasteiger partial charge in [-0.2, -0.15) is 0 Å². The fourth-order valence-corrected chi connectivity index (χ4v) is 2.30. The summed E-state index contributed by atoms with van der Waals surface area (Å²) in [5, 5.41) is 4.91. The summed E-state index contributed by atoms with van der Waals surface area (Å²) in [5.41, 5.74) is 0.0709. The fraction of sp³-hybridized carbons (Fsp3) is 0.524. The molecule has 0 aliphatic heterocycles. The highest BCUT2D eigenvalue weighted by Crippen LogP contribution is 2.09. The number of hydrogen-bond acceptors (Lipinski definition) is 7. The first kappa shape index (κ1) is 24.9. The second-order valence-electron chi connectivity index (χ2n) is 7.64. The Balaban J connectivity index is 2.70. The monoisotopic (exact) mass is 422 g/mol. The van der Waals surface area contributed by atoms with Crippen molar-refractivity contribution in [1.82, 2.24) is 10.6 Å². The molecule has 0 heterocycles. The van der Waals surface area contributed by atoms with Crippen LogP contribution < -0.4 is 10.6 Å². The van der Waals surface area contributed by atoms with Crippen molar-refractivity contribution in [2.45, 2.75) is 64.8 Å². The number of ether oxygens (including phenoxy) is 3.